The molecule has 1 heterocycles. The summed E-state index contributed by atoms with van der Waals surface area (Å²) in [5.41, 5.74) is 1.38. The molecular weight excluding hydrogens is 268 g/mol. The minimum absolute atomic E-state index is 0.0995. The number of para-hydroxylation sites is 1. The highest BCUT2D eigenvalue weighted by molar-refractivity contribution is 5.98. The Kier molecular flexibility index (Phi) is 3.36. The average Bonchev–Trinajstić information content (AvgIpc) is 2.55. The Bertz CT molecular complexity index is 704. The molecule has 3 rings (SSSR count). The molecule has 0 spiro atoms. The molecule has 2 aromatic rings. The number of aliphatic hydroxyl groups is 1. The van der Waals surface area contributed by atoms with Crippen molar-refractivity contribution in [1.29, 1.82) is 0 Å². The highest BCUT2D eigenvalue weighted by Crippen LogP contribution is 2.41. The van der Waals surface area contributed by atoms with Crippen LogP contribution < -0.4 is 4.74 Å². The molecule has 1 aliphatic heterocycles. The number of carbonyl (C=O) groups is 1. The van der Waals surface area contributed by atoms with Gasteiger partial charge in [-0.05, 0) is 17.7 Å². The standard InChI is InChI=1S/C17H14O4/c1-20-17(19)14-15(18)12-9-5-6-10-13(12)21-16(14)11-7-3-2-4-8-11/h2-10,16,18H,1H3/t16-/m0/s1. The van der Waals surface area contributed by atoms with Crippen molar-refractivity contribution < 1.29 is 19.4 Å². The maximum absolute atomic E-state index is 12.1. The Hall–Kier alpha value is -2.75. The van der Waals surface area contributed by atoms with Gasteiger partial charge in [0.1, 0.15) is 17.1 Å². The van der Waals surface area contributed by atoms with Crippen LogP contribution in [-0.4, -0.2) is 18.2 Å². The zero-order valence-electron chi connectivity index (χ0n) is 11.4. The van der Waals surface area contributed by atoms with Crippen LogP contribution in [0.2, 0.25) is 0 Å². The molecular formula is C17H14O4. The second kappa shape index (κ2) is 5.32. The Morgan fingerprint density at radius 1 is 1.10 bits per heavy atom. The van der Waals surface area contributed by atoms with Crippen LogP contribution in [0.1, 0.15) is 17.2 Å². The van der Waals surface area contributed by atoms with Crippen molar-refractivity contribution in [2.45, 2.75) is 6.10 Å². The largest absolute Gasteiger partial charge is 0.506 e. The predicted octanol–water partition coefficient (Wildman–Crippen LogP) is 3.26. The van der Waals surface area contributed by atoms with Gasteiger partial charge in [0.05, 0.1) is 12.7 Å². The lowest BCUT2D eigenvalue weighted by Crippen LogP contribution is -2.23. The topological polar surface area (TPSA) is 55.8 Å². The number of benzene rings is 2. The molecule has 0 unspecified atom stereocenters. The summed E-state index contributed by atoms with van der Waals surface area (Å²) >= 11 is 0. The summed E-state index contributed by atoms with van der Waals surface area (Å²) in [7, 11) is 1.28. The molecule has 0 saturated carbocycles. The Balaban J connectivity index is 2.18. The van der Waals surface area contributed by atoms with Crippen molar-refractivity contribution in [3.05, 3.63) is 71.3 Å². The molecule has 1 aliphatic rings. The minimum Gasteiger partial charge on any atom is -0.506 e. The molecule has 2 aromatic carbocycles. The molecule has 0 radical (unpaired) electrons. The third kappa shape index (κ3) is 2.25. The van der Waals surface area contributed by atoms with E-state index in [1.165, 1.54) is 7.11 Å². The molecule has 0 aromatic heterocycles. The van der Waals surface area contributed by atoms with Crippen molar-refractivity contribution >= 4 is 11.7 Å². The van der Waals surface area contributed by atoms with E-state index in [1.54, 1.807) is 18.2 Å². The lowest BCUT2D eigenvalue weighted by Gasteiger charge is -2.27. The summed E-state index contributed by atoms with van der Waals surface area (Å²) in [4.78, 5) is 12.1. The maximum atomic E-state index is 12.1. The number of carbonyl (C=O) groups excluding carboxylic acids is 1. The smallest absolute Gasteiger partial charge is 0.341 e. The fourth-order valence-corrected chi connectivity index (χ4v) is 2.40. The second-order valence-electron chi connectivity index (χ2n) is 4.66. The number of methoxy groups -OCH3 is 1. The van der Waals surface area contributed by atoms with Gasteiger partial charge in [-0.2, -0.15) is 0 Å². The van der Waals surface area contributed by atoms with Gasteiger partial charge in [0.2, 0.25) is 0 Å². The summed E-state index contributed by atoms with van der Waals surface area (Å²) in [6.07, 6.45) is -0.687. The van der Waals surface area contributed by atoms with E-state index in [0.717, 1.165) is 5.56 Å². The van der Waals surface area contributed by atoms with Gasteiger partial charge in [-0.25, -0.2) is 4.79 Å². The van der Waals surface area contributed by atoms with E-state index in [2.05, 4.69) is 0 Å². The van der Waals surface area contributed by atoms with E-state index in [0.29, 0.717) is 11.3 Å². The van der Waals surface area contributed by atoms with Crippen LogP contribution in [0.15, 0.2) is 60.2 Å². The van der Waals surface area contributed by atoms with E-state index in [4.69, 9.17) is 9.47 Å². The fraction of sp³-hybridized carbons (Fsp3) is 0.118. The van der Waals surface area contributed by atoms with Gasteiger partial charge in [0, 0.05) is 0 Å². The van der Waals surface area contributed by atoms with Gasteiger partial charge in [-0.1, -0.05) is 42.5 Å². The SMILES string of the molecule is COC(=O)C1=C(O)c2ccccc2O[C@H]1c1ccccc1. The number of hydrogen-bond acceptors (Lipinski definition) is 4. The van der Waals surface area contributed by atoms with E-state index >= 15 is 0 Å². The molecule has 0 saturated heterocycles. The van der Waals surface area contributed by atoms with Crippen LogP contribution in [0.25, 0.3) is 5.76 Å². The summed E-state index contributed by atoms with van der Waals surface area (Å²) < 4.78 is 10.7. The van der Waals surface area contributed by atoms with E-state index in [9.17, 15) is 9.90 Å². The number of hydrogen-bond donors (Lipinski definition) is 1. The van der Waals surface area contributed by atoms with Gasteiger partial charge in [-0.15, -0.1) is 0 Å². The molecule has 106 valence electrons. The van der Waals surface area contributed by atoms with Crippen LogP contribution in [0, 0.1) is 0 Å². The van der Waals surface area contributed by atoms with Crippen molar-refractivity contribution in [3.8, 4) is 5.75 Å². The Labute approximate surface area is 122 Å². The lowest BCUT2D eigenvalue weighted by atomic mass is 9.94. The van der Waals surface area contributed by atoms with Crippen LogP contribution in [0.4, 0.5) is 0 Å². The quantitative estimate of drug-likeness (QED) is 0.859. The summed E-state index contributed by atoms with van der Waals surface area (Å²) in [6, 6.07) is 16.3. The fourth-order valence-electron chi connectivity index (χ4n) is 2.40. The van der Waals surface area contributed by atoms with E-state index < -0.39 is 12.1 Å². The van der Waals surface area contributed by atoms with Crippen molar-refractivity contribution in [3.63, 3.8) is 0 Å². The molecule has 0 fully saturated rings. The molecule has 4 heteroatoms. The van der Waals surface area contributed by atoms with Crippen LogP contribution >= 0.6 is 0 Å². The van der Waals surface area contributed by atoms with Gasteiger partial charge >= 0.3 is 5.97 Å². The molecule has 0 aliphatic carbocycles. The molecule has 21 heavy (non-hydrogen) atoms. The molecule has 1 N–H and O–H groups in total. The van der Waals surface area contributed by atoms with Crippen molar-refractivity contribution in [2.24, 2.45) is 0 Å². The number of fused-ring (bicyclic) bond motifs is 1. The number of ether oxygens (including phenoxy) is 2. The first-order valence-corrected chi connectivity index (χ1v) is 6.55. The highest BCUT2D eigenvalue weighted by atomic mass is 16.5. The third-order valence-corrected chi connectivity index (χ3v) is 3.41. The summed E-state index contributed by atoms with van der Waals surface area (Å²) in [5, 5.41) is 10.5. The number of rotatable bonds is 2. The predicted molar refractivity (Wildman–Crippen MR) is 77.8 cm³/mol. The maximum Gasteiger partial charge on any atom is 0.341 e. The second-order valence-corrected chi connectivity index (χ2v) is 4.66. The van der Waals surface area contributed by atoms with E-state index in [-0.39, 0.29) is 11.3 Å². The average molecular weight is 282 g/mol. The number of esters is 1. The zero-order valence-corrected chi connectivity index (χ0v) is 11.4. The lowest BCUT2D eigenvalue weighted by molar-refractivity contribution is -0.137. The number of aliphatic hydroxyl groups excluding tert-OH is 1. The monoisotopic (exact) mass is 282 g/mol. The van der Waals surface area contributed by atoms with Crippen LogP contribution in [-0.2, 0) is 9.53 Å². The van der Waals surface area contributed by atoms with Gasteiger partial charge in [0.15, 0.2) is 6.10 Å². The normalized spacial score (nSPS) is 16.9. The van der Waals surface area contributed by atoms with Gasteiger partial charge in [0.25, 0.3) is 0 Å². The van der Waals surface area contributed by atoms with Gasteiger partial charge < -0.3 is 14.6 Å². The van der Waals surface area contributed by atoms with Crippen molar-refractivity contribution in [2.75, 3.05) is 7.11 Å². The van der Waals surface area contributed by atoms with Crippen LogP contribution in [0.3, 0.4) is 0 Å². The first kappa shape index (κ1) is 13.2. The third-order valence-electron chi connectivity index (χ3n) is 3.41. The first-order chi connectivity index (χ1) is 10.2. The Morgan fingerprint density at radius 2 is 1.76 bits per heavy atom. The molecule has 0 bridgehead atoms. The first-order valence-electron chi connectivity index (χ1n) is 6.55. The highest BCUT2D eigenvalue weighted by Gasteiger charge is 2.34. The van der Waals surface area contributed by atoms with Gasteiger partial charge in [-0.3, -0.25) is 0 Å². The summed E-state index contributed by atoms with van der Waals surface area (Å²) in [6.45, 7) is 0. The summed E-state index contributed by atoms with van der Waals surface area (Å²) in [5.74, 6) is -0.162. The zero-order chi connectivity index (χ0) is 14.8. The van der Waals surface area contributed by atoms with Crippen molar-refractivity contribution in [1.82, 2.24) is 0 Å². The molecule has 1 atom stereocenters. The molecule has 4 nitrogen and oxygen atoms in total. The van der Waals surface area contributed by atoms with Crippen LogP contribution in [0.5, 0.6) is 5.75 Å². The Morgan fingerprint density at radius 3 is 2.48 bits per heavy atom. The minimum atomic E-state index is -0.687. The molecule has 0 amide bonds. The van der Waals surface area contributed by atoms with E-state index in [1.807, 2.05) is 36.4 Å².